The molecular weight excluding hydrogens is 332 g/mol. The minimum absolute atomic E-state index is 0.0182. The van der Waals surface area contributed by atoms with E-state index in [1.165, 1.54) is 18.2 Å². The summed E-state index contributed by atoms with van der Waals surface area (Å²) >= 11 is 0. The summed E-state index contributed by atoms with van der Waals surface area (Å²) in [6, 6.07) is 12.2. The van der Waals surface area contributed by atoms with Crippen molar-refractivity contribution in [3.63, 3.8) is 0 Å². The molecule has 24 heavy (non-hydrogen) atoms. The van der Waals surface area contributed by atoms with Crippen LogP contribution in [-0.2, 0) is 10.0 Å². The smallest absolute Gasteiger partial charge is 0.295 e. The van der Waals surface area contributed by atoms with Crippen molar-refractivity contribution >= 4 is 32.5 Å². The third-order valence-electron chi connectivity index (χ3n) is 3.31. The van der Waals surface area contributed by atoms with E-state index >= 15 is 0 Å². The number of fused-ring (bicyclic) bond motifs is 1. The molecule has 1 amide bonds. The lowest BCUT2D eigenvalue weighted by Gasteiger charge is -1.99. The van der Waals surface area contributed by atoms with Crippen LogP contribution in [0.1, 0.15) is 10.4 Å². The Kier molecular flexibility index (Phi) is 3.87. The zero-order chi connectivity index (χ0) is 17.3. The number of nitrogens with two attached hydrogens (primary N) is 1. The zero-order valence-electron chi connectivity index (χ0n) is 12.2. The SMILES string of the molecule is NS(=O)(=O)c1cccc(C(=O)N=Nc2c(O)[nH]c3ccccc23)c1. The summed E-state index contributed by atoms with van der Waals surface area (Å²) in [5.41, 5.74) is 0.791. The third kappa shape index (κ3) is 3.03. The molecule has 0 aliphatic carbocycles. The van der Waals surface area contributed by atoms with Crippen molar-refractivity contribution in [2.45, 2.75) is 4.90 Å². The van der Waals surface area contributed by atoms with E-state index < -0.39 is 15.9 Å². The molecule has 2 aromatic carbocycles. The lowest BCUT2D eigenvalue weighted by atomic mass is 10.2. The molecular formula is C15H12N4O4S. The summed E-state index contributed by atoms with van der Waals surface area (Å²) in [5.74, 6) is -0.976. The number of benzene rings is 2. The van der Waals surface area contributed by atoms with Gasteiger partial charge in [-0.3, -0.25) is 4.79 Å². The monoisotopic (exact) mass is 344 g/mol. The second-order valence-corrected chi connectivity index (χ2v) is 6.51. The maximum atomic E-state index is 12.1. The Morgan fingerprint density at radius 2 is 1.88 bits per heavy atom. The van der Waals surface area contributed by atoms with Crippen LogP contribution in [-0.4, -0.2) is 24.4 Å². The summed E-state index contributed by atoms with van der Waals surface area (Å²) < 4.78 is 22.6. The summed E-state index contributed by atoms with van der Waals surface area (Å²) in [4.78, 5) is 14.6. The van der Waals surface area contributed by atoms with Gasteiger partial charge in [0.15, 0.2) is 5.69 Å². The van der Waals surface area contributed by atoms with E-state index in [1.54, 1.807) is 24.3 Å². The minimum Gasteiger partial charge on any atom is -0.493 e. The van der Waals surface area contributed by atoms with Crippen LogP contribution in [0.25, 0.3) is 10.9 Å². The lowest BCUT2D eigenvalue weighted by Crippen LogP contribution is -2.12. The third-order valence-corrected chi connectivity index (χ3v) is 4.22. The van der Waals surface area contributed by atoms with Crippen LogP contribution in [0.2, 0.25) is 0 Å². The molecule has 0 atom stereocenters. The van der Waals surface area contributed by atoms with Gasteiger partial charge in [0.05, 0.1) is 10.4 Å². The number of nitrogens with zero attached hydrogens (tertiary/aromatic N) is 2. The molecule has 1 heterocycles. The van der Waals surface area contributed by atoms with E-state index in [1.807, 2.05) is 0 Å². The van der Waals surface area contributed by atoms with Gasteiger partial charge in [0.25, 0.3) is 5.91 Å². The number of aromatic hydroxyl groups is 1. The van der Waals surface area contributed by atoms with Gasteiger partial charge in [0.2, 0.25) is 15.9 Å². The van der Waals surface area contributed by atoms with Crippen molar-refractivity contribution in [2.24, 2.45) is 15.4 Å². The highest BCUT2D eigenvalue weighted by molar-refractivity contribution is 7.89. The van der Waals surface area contributed by atoms with Crippen LogP contribution in [0, 0.1) is 0 Å². The summed E-state index contributed by atoms with van der Waals surface area (Å²) in [6.07, 6.45) is 0. The number of carbonyl (C=O) groups is 1. The molecule has 0 aliphatic heterocycles. The van der Waals surface area contributed by atoms with Crippen molar-refractivity contribution in [2.75, 3.05) is 0 Å². The number of aromatic amines is 1. The number of H-pyrrole nitrogens is 1. The van der Waals surface area contributed by atoms with Gasteiger partial charge in [-0.1, -0.05) is 24.3 Å². The van der Waals surface area contributed by atoms with Crippen LogP contribution in [0.4, 0.5) is 5.69 Å². The fourth-order valence-electron chi connectivity index (χ4n) is 2.17. The largest absolute Gasteiger partial charge is 0.493 e. The first kappa shape index (κ1) is 15.8. The van der Waals surface area contributed by atoms with E-state index in [4.69, 9.17) is 5.14 Å². The van der Waals surface area contributed by atoms with Gasteiger partial charge in [0, 0.05) is 10.9 Å². The average molecular weight is 344 g/mol. The van der Waals surface area contributed by atoms with Gasteiger partial charge < -0.3 is 10.1 Å². The number of sulfonamides is 1. The average Bonchev–Trinajstić information content (AvgIpc) is 2.87. The Labute approximate surface area is 136 Å². The Hall–Kier alpha value is -3.04. The first-order valence-electron chi connectivity index (χ1n) is 6.75. The standard InChI is InChI=1S/C15H12N4O4S/c16-24(22,23)10-5-3-4-9(8-10)14(20)19-18-13-11-6-1-2-7-12(11)17-15(13)21/h1-8,17,21H,(H2,16,22,23). The van der Waals surface area contributed by atoms with Crippen LogP contribution >= 0.6 is 0 Å². The fraction of sp³-hybridized carbons (Fsp3) is 0. The van der Waals surface area contributed by atoms with Crippen LogP contribution in [0.5, 0.6) is 5.88 Å². The Balaban J connectivity index is 1.95. The van der Waals surface area contributed by atoms with Crippen molar-refractivity contribution in [3.05, 3.63) is 54.1 Å². The number of primary sulfonamides is 1. The normalized spacial score (nSPS) is 12.0. The van der Waals surface area contributed by atoms with E-state index in [2.05, 4.69) is 15.2 Å². The molecule has 0 bridgehead atoms. The molecule has 1 aromatic heterocycles. The lowest BCUT2D eigenvalue weighted by molar-refractivity contribution is 0.0995. The summed E-state index contributed by atoms with van der Waals surface area (Å²) in [6.45, 7) is 0. The number of rotatable bonds is 3. The highest BCUT2D eigenvalue weighted by atomic mass is 32.2. The van der Waals surface area contributed by atoms with Gasteiger partial charge in [0.1, 0.15) is 0 Å². The van der Waals surface area contributed by atoms with Gasteiger partial charge in [-0.25, -0.2) is 13.6 Å². The first-order chi connectivity index (χ1) is 11.4. The Morgan fingerprint density at radius 3 is 2.62 bits per heavy atom. The summed E-state index contributed by atoms with van der Waals surface area (Å²) in [5, 5.41) is 22.8. The second-order valence-electron chi connectivity index (χ2n) is 4.95. The van der Waals surface area contributed by atoms with Crippen LogP contribution in [0.15, 0.2) is 63.7 Å². The number of aromatic nitrogens is 1. The number of azo groups is 1. The van der Waals surface area contributed by atoms with Crippen LogP contribution < -0.4 is 5.14 Å². The zero-order valence-corrected chi connectivity index (χ0v) is 13.0. The van der Waals surface area contributed by atoms with Crippen molar-refractivity contribution in [1.29, 1.82) is 0 Å². The van der Waals surface area contributed by atoms with Gasteiger partial charge in [-0.15, -0.1) is 10.2 Å². The van der Waals surface area contributed by atoms with Gasteiger partial charge >= 0.3 is 0 Å². The predicted molar refractivity (Wildman–Crippen MR) is 86.6 cm³/mol. The maximum Gasteiger partial charge on any atom is 0.295 e. The van der Waals surface area contributed by atoms with Crippen molar-refractivity contribution in [1.82, 2.24) is 4.98 Å². The number of carbonyl (C=O) groups excluding carboxylic acids is 1. The number of para-hydroxylation sites is 1. The molecule has 0 radical (unpaired) electrons. The number of amides is 1. The van der Waals surface area contributed by atoms with E-state index in [0.29, 0.717) is 10.9 Å². The molecule has 0 aliphatic rings. The molecule has 3 rings (SSSR count). The molecule has 9 heteroatoms. The fourth-order valence-corrected chi connectivity index (χ4v) is 2.73. The molecule has 0 saturated heterocycles. The molecule has 0 fully saturated rings. The predicted octanol–water partition coefficient (Wildman–Crippen LogP) is 2.45. The first-order valence-corrected chi connectivity index (χ1v) is 8.29. The molecule has 3 aromatic rings. The molecule has 0 spiro atoms. The Morgan fingerprint density at radius 1 is 1.12 bits per heavy atom. The number of nitrogens with one attached hydrogen (secondary N) is 1. The van der Waals surface area contributed by atoms with Gasteiger partial charge in [-0.2, -0.15) is 0 Å². The summed E-state index contributed by atoms with van der Waals surface area (Å²) in [7, 11) is -3.92. The molecule has 122 valence electrons. The van der Waals surface area contributed by atoms with E-state index in [9.17, 15) is 18.3 Å². The number of hydrogen-bond donors (Lipinski definition) is 3. The van der Waals surface area contributed by atoms with Crippen molar-refractivity contribution < 1.29 is 18.3 Å². The molecule has 0 saturated carbocycles. The number of hydrogen-bond acceptors (Lipinski definition) is 5. The minimum atomic E-state index is -3.92. The second kappa shape index (κ2) is 5.87. The van der Waals surface area contributed by atoms with E-state index in [0.717, 1.165) is 6.07 Å². The quantitative estimate of drug-likeness (QED) is 0.628. The van der Waals surface area contributed by atoms with Gasteiger partial charge in [-0.05, 0) is 24.3 Å². The van der Waals surface area contributed by atoms with E-state index in [-0.39, 0.29) is 22.0 Å². The highest BCUT2D eigenvalue weighted by Gasteiger charge is 2.13. The molecule has 4 N–H and O–H groups in total. The van der Waals surface area contributed by atoms with Crippen LogP contribution in [0.3, 0.4) is 0 Å². The maximum absolute atomic E-state index is 12.1. The molecule has 0 unspecified atom stereocenters. The topological polar surface area (TPSA) is 138 Å². The Bertz CT molecular complexity index is 1070. The highest BCUT2D eigenvalue weighted by Crippen LogP contribution is 2.35. The molecule has 8 nitrogen and oxygen atoms in total. The van der Waals surface area contributed by atoms with Crippen molar-refractivity contribution in [3.8, 4) is 5.88 Å².